The van der Waals surface area contributed by atoms with Crippen molar-refractivity contribution in [2.75, 3.05) is 32.9 Å². The maximum atomic E-state index is 5.98. The van der Waals surface area contributed by atoms with Crippen LogP contribution >= 0.6 is 0 Å². The standard InChI is InChI=1S/C13H31NO3Si/c1-5-10-15-18(16-11-6-2,17-12-7-3)13-9-14-8-4/h14H,5-13H2,1-4H3. The zero-order chi connectivity index (χ0) is 13.7. The van der Waals surface area contributed by atoms with E-state index in [4.69, 9.17) is 13.3 Å². The minimum atomic E-state index is -2.46. The molecule has 5 heteroatoms. The van der Waals surface area contributed by atoms with Crippen molar-refractivity contribution in [3.05, 3.63) is 0 Å². The summed E-state index contributed by atoms with van der Waals surface area (Å²) < 4.78 is 18.0. The van der Waals surface area contributed by atoms with Crippen LogP contribution in [0.5, 0.6) is 0 Å². The van der Waals surface area contributed by atoms with E-state index in [0.29, 0.717) is 0 Å². The smallest absolute Gasteiger partial charge is 0.373 e. The Labute approximate surface area is 114 Å². The molecule has 0 aliphatic carbocycles. The highest BCUT2D eigenvalue weighted by molar-refractivity contribution is 6.60. The Morgan fingerprint density at radius 3 is 1.56 bits per heavy atom. The fourth-order valence-corrected chi connectivity index (χ4v) is 4.24. The van der Waals surface area contributed by atoms with Gasteiger partial charge < -0.3 is 18.6 Å². The van der Waals surface area contributed by atoms with Gasteiger partial charge in [-0.25, -0.2) is 0 Å². The van der Waals surface area contributed by atoms with Crippen molar-refractivity contribution < 1.29 is 13.3 Å². The molecule has 0 aromatic heterocycles. The van der Waals surface area contributed by atoms with Gasteiger partial charge in [0.15, 0.2) is 0 Å². The van der Waals surface area contributed by atoms with Gasteiger partial charge in [0.1, 0.15) is 0 Å². The zero-order valence-electron chi connectivity index (χ0n) is 12.6. The molecule has 0 heterocycles. The predicted molar refractivity (Wildman–Crippen MR) is 77.8 cm³/mol. The molecule has 1 N–H and O–H groups in total. The van der Waals surface area contributed by atoms with Crippen LogP contribution in [0.15, 0.2) is 0 Å². The number of hydrogen-bond acceptors (Lipinski definition) is 4. The molecule has 0 aliphatic heterocycles. The van der Waals surface area contributed by atoms with E-state index in [-0.39, 0.29) is 0 Å². The van der Waals surface area contributed by atoms with E-state index in [1.807, 2.05) is 0 Å². The highest BCUT2D eigenvalue weighted by Crippen LogP contribution is 2.16. The van der Waals surface area contributed by atoms with Crippen LogP contribution in [0.2, 0.25) is 6.04 Å². The Bertz CT molecular complexity index is 160. The Hall–Kier alpha value is 0.0569. The third-order valence-electron chi connectivity index (χ3n) is 2.44. The lowest BCUT2D eigenvalue weighted by Crippen LogP contribution is -2.48. The van der Waals surface area contributed by atoms with Gasteiger partial charge in [-0.1, -0.05) is 27.7 Å². The van der Waals surface area contributed by atoms with E-state index in [1.54, 1.807) is 0 Å². The average Bonchev–Trinajstić information content (AvgIpc) is 2.40. The average molecular weight is 277 g/mol. The molecular weight excluding hydrogens is 246 g/mol. The van der Waals surface area contributed by atoms with Crippen LogP contribution in [0.4, 0.5) is 0 Å². The van der Waals surface area contributed by atoms with Gasteiger partial charge in [-0.05, 0) is 32.4 Å². The maximum absolute atomic E-state index is 5.98. The van der Waals surface area contributed by atoms with Crippen molar-refractivity contribution in [2.45, 2.75) is 53.0 Å². The van der Waals surface area contributed by atoms with E-state index in [9.17, 15) is 0 Å². The second kappa shape index (κ2) is 12.1. The molecule has 0 aromatic carbocycles. The van der Waals surface area contributed by atoms with E-state index < -0.39 is 8.80 Å². The maximum Gasteiger partial charge on any atom is 0.502 e. The minimum absolute atomic E-state index is 0.728. The third-order valence-corrected chi connectivity index (χ3v) is 5.23. The summed E-state index contributed by atoms with van der Waals surface area (Å²) in [7, 11) is -2.46. The summed E-state index contributed by atoms with van der Waals surface area (Å²) in [6.45, 7) is 12.5. The van der Waals surface area contributed by atoms with Crippen molar-refractivity contribution in [1.82, 2.24) is 5.32 Å². The third kappa shape index (κ3) is 8.21. The van der Waals surface area contributed by atoms with Crippen molar-refractivity contribution in [3.63, 3.8) is 0 Å². The Morgan fingerprint density at radius 2 is 1.22 bits per heavy atom. The first kappa shape index (κ1) is 18.1. The van der Waals surface area contributed by atoms with Gasteiger partial charge in [0.2, 0.25) is 0 Å². The number of nitrogens with one attached hydrogen (secondary N) is 1. The van der Waals surface area contributed by atoms with Crippen molar-refractivity contribution in [3.8, 4) is 0 Å². The van der Waals surface area contributed by atoms with Crippen LogP contribution in [0.1, 0.15) is 47.0 Å². The van der Waals surface area contributed by atoms with Gasteiger partial charge in [0, 0.05) is 25.9 Å². The van der Waals surface area contributed by atoms with E-state index in [2.05, 4.69) is 33.0 Å². The van der Waals surface area contributed by atoms with E-state index in [0.717, 1.165) is 58.2 Å². The van der Waals surface area contributed by atoms with Crippen molar-refractivity contribution in [2.24, 2.45) is 0 Å². The van der Waals surface area contributed by atoms with Gasteiger partial charge >= 0.3 is 8.80 Å². The summed E-state index contributed by atoms with van der Waals surface area (Å²) in [5, 5.41) is 3.33. The molecule has 0 spiro atoms. The molecule has 110 valence electrons. The van der Waals surface area contributed by atoms with Crippen LogP contribution in [-0.2, 0) is 13.3 Å². The van der Waals surface area contributed by atoms with Crippen molar-refractivity contribution in [1.29, 1.82) is 0 Å². The lowest BCUT2D eigenvalue weighted by atomic mass is 10.5. The largest absolute Gasteiger partial charge is 0.502 e. The lowest BCUT2D eigenvalue weighted by molar-refractivity contribution is 0.0593. The summed E-state index contributed by atoms with van der Waals surface area (Å²) in [5.41, 5.74) is 0. The van der Waals surface area contributed by atoms with Crippen LogP contribution in [0.3, 0.4) is 0 Å². The van der Waals surface area contributed by atoms with Gasteiger partial charge in [-0.15, -0.1) is 0 Å². The lowest BCUT2D eigenvalue weighted by Gasteiger charge is -2.29. The van der Waals surface area contributed by atoms with Gasteiger partial charge in [0.05, 0.1) is 0 Å². The molecule has 0 radical (unpaired) electrons. The minimum Gasteiger partial charge on any atom is -0.373 e. The number of rotatable bonds is 13. The summed E-state index contributed by atoms with van der Waals surface area (Å²) in [5.74, 6) is 0. The zero-order valence-corrected chi connectivity index (χ0v) is 13.6. The molecule has 0 aliphatic rings. The van der Waals surface area contributed by atoms with E-state index in [1.165, 1.54) is 0 Å². The molecule has 0 fully saturated rings. The first-order chi connectivity index (χ1) is 8.74. The van der Waals surface area contributed by atoms with Crippen LogP contribution in [0, 0.1) is 0 Å². The van der Waals surface area contributed by atoms with Crippen molar-refractivity contribution >= 4 is 8.80 Å². The highest BCUT2D eigenvalue weighted by Gasteiger charge is 2.40. The Morgan fingerprint density at radius 1 is 0.778 bits per heavy atom. The SMILES string of the molecule is CCCO[Si](CCNCC)(OCCC)OCCC. The molecule has 18 heavy (non-hydrogen) atoms. The van der Waals surface area contributed by atoms with Crippen LogP contribution < -0.4 is 5.32 Å². The molecule has 0 bridgehead atoms. The quantitative estimate of drug-likeness (QED) is 0.415. The van der Waals surface area contributed by atoms with E-state index >= 15 is 0 Å². The Balaban J connectivity index is 4.41. The molecular formula is C13H31NO3Si. The molecule has 0 saturated carbocycles. The topological polar surface area (TPSA) is 39.7 Å². The summed E-state index contributed by atoms with van der Waals surface area (Å²) in [6, 6.07) is 0.862. The monoisotopic (exact) mass is 277 g/mol. The number of hydrogen-bond donors (Lipinski definition) is 1. The Kier molecular flexibility index (Phi) is 12.1. The van der Waals surface area contributed by atoms with Gasteiger partial charge in [-0.2, -0.15) is 0 Å². The summed E-state index contributed by atoms with van der Waals surface area (Å²) >= 11 is 0. The first-order valence-electron chi connectivity index (χ1n) is 7.37. The second-order valence-corrected chi connectivity index (χ2v) is 7.06. The molecule has 0 unspecified atom stereocenters. The molecule has 0 rings (SSSR count). The fourth-order valence-electron chi connectivity index (χ4n) is 1.53. The molecule has 0 atom stereocenters. The summed E-state index contributed by atoms with van der Waals surface area (Å²) in [4.78, 5) is 0. The van der Waals surface area contributed by atoms with Crippen LogP contribution in [0.25, 0.3) is 0 Å². The highest BCUT2D eigenvalue weighted by atomic mass is 28.4. The molecule has 0 amide bonds. The molecule has 0 saturated heterocycles. The van der Waals surface area contributed by atoms with Crippen LogP contribution in [-0.4, -0.2) is 41.7 Å². The normalized spacial score (nSPS) is 12.0. The fraction of sp³-hybridized carbons (Fsp3) is 1.00. The molecule has 0 aromatic rings. The van der Waals surface area contributed by atoms with Gasteiger partial charge in [-0.3, -0.25) is 0 Å². The molecule has 4 nitrogen and oxygen atoms in total. The predicted octanol–water partition coefficient (Wildman–Crippen LogP) is 2.81. The first-order valence-corrected chi connectivity index (χ1v) is 9.30. The summed E-state index contributed by atoms with van der Waals surface area (Å²) in [6.07, 6.45) is 3.00. The second-order valence-electron chi connectivity index (χ2n) is 4.33. The van der Waals surface area contributed by atoms with Gasteiger partial charge in [0.25, 0.3) is 0 Å².